The molecule has 0 saturated heterocycles. The largest absolute Gasteiger partial charge is 0.491 e. The molecule has 1 aromatic rings. The first-order valence-corrected chi connectivity index (χ1v) is 3.93. The summed E-state index contributed by atoms with van der Waals surface area (Å²) in [7, 11) is 0. The summed E-state index contributed by atoms with van der Waals surface area (Å²) in [4.78, 5) is 10.5. The SMILES string of the molecule is N#Cc1ccc(N)c(OC(=O)C(F)(F)F)c1. The summed E-state index contributed by atoms with van der Waals surface area (Å²) < 4.78 is 39.6. The van der Waals surface area contributed by atoms with Crippen LogP contribution in [0.5, 0.6) is 5.75 Å². The van der Waals surface area contributed by atoms with Crippen molar-refractivity contribution in [3.63, 3.8) is 0 Å². The lowest BCUT2D eigenvalue weighted by molar-refractivity contribution is -0.189. The smallest absolute Gasteiger partial charge is 0.418 e. The molecule has 0 aliphatic carbocycles. The molecule has 84 valence electrons. The number of hydrogen-bond donors (Lipinski definition) is 1. The average Bonchev–Trinajstić information content (AvgIpc) is 2.19. The van der Waals surface area contributed by atoms with Crippen molar-refractivity contribution in [2.75, 3.05) is 5.73 Å². The van der Waals surface area contributed by atoms with Crippen molar-refractivity contribution in [1.82, 2.24) is 0 Å². The van der Waals surface area contributed by atoms with Crippen LogP contribution in [0.3, 0.4) is 0 Å². The predicted octanol–water partition coefficient (Wildman–Crippen LogP) is 1.61. The van der Waals surface area contributed by atoms with E-state index in [0.29, 0.717) is 0 Å². The van der Waals surface area contributed by atoms with Crippen LogP contribution in [0.25, 0.3) is 0 Å². The zero-order chi connectivity index (χ0) is 12.3. The topological polar surface area (TPSA) is 76.1 Å². The van der Waals surface area contributed by atoms with E-state index in [1.807, 2.05) is 0 Å². The third-order valence-corrected chi connectivity index (χ3v) is 1.58. The molecular weight excluding hydrogens is 225 g/mol. The van der Waals surface area contributed by atoms with Crippen LogP contribution < -0.4 is 10.5 Å². The fourth-order valence-electron chi connectivity index (χ4n) is 0.850. The molecule has 0 aromatic heterocycles. The molecule has 0 aliphatic heterocycles. The van der Waals surface area contributed by atoms with Gasteiger partial charge in [-0.3, -0.25) is 0 Å². The number of rotatable bonds is 1. The van der Waals surface area contributed by atoms with Gasteiger partial charge in [-0.05, 0) is 12.1 Å². The average molecular weight is 230 g/mol. The standard InChI is InChI=1S/C9H5F3N2O2/c10-9(11,12)8(15)16-7-3-5(4-13)1-2-6(7)14/h1-3H,14H2. The van der Waals surface area contributed by atoms with Crippen LogP contribution in [0.2, 0.25) is 0 Å². The molecule has 1 rings (SSSR count). The van der Waals surface area contributed by atoms with Crippen molar-refractivity contribution < 1.29 is 22.7 Å². The van der Waals surface area contributed by atoms with Gasteiger partial charge in [-0.25, -0.2) is 4.79 Å². The van der Waals surface area contributed by atoms with Crippen molar-refractivity contribution in [1.29, 1.82) is 5.26 Å². The molecule has 7 heteroatoms. The molecule has 1 aromatic carbocycles. The number of nitrogens with two attached hydrogens (primary N) is 1. The third kappa shape index (κ3) is 2.63. The lowest BCUT2D eigenvalue weighted by Gasteiger charge is -2.08. The maximum atomic E-state index is 11.9. The minimum Gasteiger partial charge on any atom is -0.418 e. The second kappa shape index (κ2) is 4.10. The van der Waals surface area contributed by atoms with Gasteiger partial charge in [0.1, 0.15) is 0 Å². The Morgan fingerprint density at radius 3 is 2.56 bits per heavy atom. The summed E-state index contributed by atoms with van der Waals surface area (Å²) in [5.41, 5.74) is 5.17. The van der Waals surface area contributed by atoms with E-state index < -0.39 is 17.9 Å². The number of carbonyl (C=O) groups excluding carboxylic acids is 1. The number of nitrogen functional groups attached to an aromatic ring is 1. The van der Waals surface area contributed by atoms with Crippen LogP contribution in [-0.4, -0.2) is 12.1 Å². The number of nitriles is 1. The normalized spacial score (nSPS) is 10.6. The summed E-state index contributed by atoms with van der Waals surface area (Å²) in [5, 5.41) is 8.49. The monoisotopic (exact) mass is 230 g/mol. The minimum absolute atomic E-state index is 0.0409. The number of ether oxygens (including phenoxy) is 1. The Bertz CT molecular complexity index is 463. The molecule has 16 heavy (non-hydrogen) atoms. The number of benzene rings is 1. The molecule has 0 saturated carbocycles. The van der Waals surface area contributed by atoms with Gasteiger partial charge in [0.25, 0.3) is 0 Å². The van der Waals surface area contributed by atoms with E-state index in [-0.39, 0.29) is 11.3 Å². The molecule has 4 nitrogen and oxygen atoms in total. The zero-order valence-electron chi connectivity index (χ0n) is 7.71. The van der Waals surface area contributed by atoms with E-state index in [1.165, 1.54) is 12.1 Å². The number of carbonyl (C=O) groups is 1. The molecule has 0 heterocycles. The van der Waals surface area contributed by atoms with Gasteiger partial charge in [0.15, 0.2) is 5.75 Å². The Balaban J connectivity index is 2.98. The summed E-state index contributed by atoms with van der Waals surface area (Å²) in [6.45, 7) is 0. The molecule has 0 bridgehead atoms. The van der Waals surface area contributed by atoms with Crippen LogP contribution in [0, 0.1) is 11.3 Å². The lowest BCUT2D eigenvalue weighted by Crippen LogP contribution is -2.28. The Morgan fingerprint density at radius 1 is 1.44 bits per heavy atom. The summed E-state index contributed by atoms with van der Waals surface area (Å²) in [5.74, 6) is -2.87. The van der Waals surface area contributed by atoms with Crippen LogP contribution in [-0.2, 0) is 4.79 Å². The minimum atomic E-state index is -5.10. The highest BCUT2D eigenvalue weighted by Gasteiger charge is 2.41. The summed E-state index contributed by atoms with van der Waals surface area (Å²) >= 11 is 0. The van der Waals surface area contributed by atoms with E-state index in [4.69, 9.17) is 11.0 Å². The summed E-state index contributed by atoms with van der Waals surface area (Å²) in [6, 6.07) is 5.11. The quantitative estimate of drug-likeness (QED) is 0.451. The maximum Gasteiger partial charge on any atom is 0.491 e. The highest BCUT2D eigenvalue weighted by atomic mass is 19.4. The van der Waals surface area contributed by atoms with Crippen molar-refractivity contribution >= 4 is 11.7 Å². The second-order valence-corrected chi connectivity index (χ2v) is 2.75. The second-order valence-electron chi connectivity index (χ2n) is 2.75. The van der Waals surface area contributed by atoms with Gasteiger partial charge in [0, 0.05) is 6.07 Å². The number of esters is 1. The van der Waals surface area contributed by atoms with Gasteiger partial charge in [0.2, 0.25) is 0 Å². The Kier molecular flexibility index (Phi) is 3.04. The Labute approximate surface area is 88.0 Å². The number of halogens is 3. The first kappa shape index (κ1) is 11.8. The molecule has 0 radical (unpaired) electrons. The molecule has 0 fully saturated rings. The summed E-state index contributed by atoms with van der Waals surface area (Å²) in [6.07, 6.45) is -5.10. The van der Waals surface area contributed by atoms with Crippen LogP contribution in [0.15, 0.2) is 18.2 Å². The fourth-order valence-corrected chi connectivity index (χ4v) is 0.850. The lowest BCUT2D eigenvalue weighted by atomic mass is 10.2. The first-order chi connectivity index (χ1) is 7.34. The first-order valence-electron chi connectivity index (χ1n) is 3.93. The number of hydrogen-bond acceptors (Lipinski definition) is 4. The van der Waals surface area contributed by atoms with Crippen LogP contribution in [0.4, 0.5) is 18.9 Å². The van der Waals surface area contributed by atoms with Gasteiger partial charge in [-0.1, -0.05) is 0 Å². The molecule has 0 atom stereocenters. The number of nitrogens with zero attached hydrogens (tertiary/aromatic N) is 1. The van der Waals surface area contributed by atoms with E-state index in [0.717, 1.165) is 6.07 Å². The van der Waals surface area contributed by atoms with Crippen molar-refractivity contribution in [2.45, 2.75) is 6.18 Å². The predicted molar refractivity (Wildman–Crippen MR) is 47.3 cm³/mol. The molecule has 0 spiro atoms. The Morgan fingerprint density at radius 2 is 2.06 bits per heavy atom. The van der Waals surface area contributed by atoms with E-state index in [9.17, 15) is 18.0 Å². The highest BCUT2D eigenvalue weighted by molar-refractivity contribution is 5.79. The van der Waals surface area contributed by atoms with Crippen molar-refractivity contribution in [3.8, 4) is 11.8 Å². The molecule has 0 amide bonds. The zero-order valence-corrected chi connectivity index (χ0v) is 7.71. The van der Waals surface area contributed by atoms with Gasteiger partial charge in [0.05, 0.1) is 17.3 Å². The molecular formula is C9H5F3N2O2. The molecule has 0 unspecified atom stereocenters. The van der Waals surface area contributed by atoms with E-state index in [1.54, 1.807) is 6.07 Å². The van der Waals surface area contributed by atoms with Crippen molar-refractivity contribution in [3.05, 3.63) is 23.8 Å². The van der Waals surface area contributed by atoms with Crippen LogP contribution >= 0.6 is 0 Å². The fraction of sp³-hybridized carbons (Fsp3) is 0.111. The van der Waals surface area contributed by atoms with E-state index in [2.05, 4.69) is 4.74 Å². The van der Waals surface area contributed by atoms with E-state index >= 15 is 0 Å². The Hall–Kier alpha value is -2.23. The van der Waals surface area contributed by atoms with Gasteiger partial charge < -0.3 is 10.5 Å². The number of alkyl halides is 3. The third-order valence-electron chi connectivity index (χ3n) is 1.58. The maximum absolute atomic E-state index is 11.9. The highest BCUT2D eigenvalue weighted by Crippen LogP contribution is 2.25. The van der Waals surface area contributed by atoms with Crippen LogP contribution in [0.1, 0.15) is 5.56 Å². The van der Waals surface area contributed by atoms with Gasteiger partial charge in [-0.15, -0.1) is 0 Å². The molecule has 2 N–H and O–H groups in total. The number of anilines is 1. The van der Waals surface area contributed by atoms with Crippen molar-refractivity contribution in [2.24, 2.45) is 0 Å². The van der Waals surface area contributed by atoms with Gasteiger partial charge in [-0.2, -0.15) is 18.4 Å². The van der Waals surface area contributed by atoms with Gasteiger partial charge >= 0.3 is 12.1 Å². The molecule has 0 aliphatic rings.